The summed E-state index contributed by atoms with van der Waals surface area (Å²) in [6.07, 6.45) is 4.52. The van der Waals surface area contributed by atoms with Gasteiger partial charge in [-0.25, -0.2) is 8.42 Å². The number of ether oxygens (including phenoxy) is 3. The highest BCUT2D eigenvalue weighted by atomic mass is 32.2. The number of sulfonamides is 1. The predicted octanol–water partition coefficient (Wildman–Crippen LogP) is 2.08. The Morgan fingerprint density at radius 1 is 1.15 bits per heavy atom. The van der Waals surface area contributed by atoms with E-state index in [0.717, 1.165) is 6.42 Å². The number of rotatable bonds is 4. The van der Waals surface area contributed by atoms with Gasteiger partial charge in [0.05, 0.1) is 30.9 Å². The fourth-order valence-electron chi connectivity index (χ4n) is 3.07. The fraction of sp³-hybridized carbons (Fsp3) is 0.389. The zero-order valence-corrected chi connectivity index (χ0v) is 15.0. The summed E-state index contributed by atoms with van der Waals surface area (Å²) in [5.41, 5.74) is 0. The smallest absolute Gasteiger partial charge is 0.243 e. The minimum atomic E-state index is -3.61. The monoisotopic (exact) mass is 376 g/mol. The van der Waals surface area contributed by atoms with Gasteiger partial charge in [0, 0.05) is 25.2 Å². The number of fused-ring (bicyclic) bond motifs is 1. The summed E-state index contributed by atoms with van der Waals surface area (Å²) >= 11 is 0. The van der Waals surface area contributed by atoms with E-state index in [-0.39, 0.29) is 11.0 Å². The average Bonchev–Trinajstić information content (AvgIpc) is 2.99. The Morgan fingerprint density at radius 2 is 2.00 bits per heavy atom. The third-order valence-electron chi connectivity index (χ3n) is 4.40. The molecule has 138 valence electrons. The molecule has 0 bridgehead atoms. The van der Waals surface area contributed by atoms with Crippen LogP contribution in [0.15, 0.2) is 47.6 Å². The first-order valence-electron chi connectivity index (χ1n) is 8.59. The molecule has 1 saturated heterocycles. The van der Waals surface area contributed by atoms with Crippen molar-refractivity contribution in [3.05, 3.63) is 42.7 Å². The molecule has 4 rings (SSSR count). The van der Waals surface area contributed by atoms with Crippen LogP contribution in [0.4, 0.5) is 0 Å². The Labute approximate surface area is 152 Å². The van der Waals surface area contributed by atoms with Crippen LogP contribution in [-0.2, 0) is 10.0 Å². The maximum absolute atomic E-state index is 13.0. The number of benzene rings is 1. The zero-order valence-electron chi connectivity index (χ0n) is 14.2. The first-order valence-corrected chi connectivity index (χ1v) is 10.0. The number of pyridine rings is 1. The van der Waals surface area contributed by atoms with E-state index in [9.17, 15) is 8.42 Å². The second kappa shape index (κ2) is 7.13. The molecule has 2 aliphatic heterocycles. The van der Waals surface area contributed by atoms with Crippen molar-refractivity contribution in [1.29, 1.82) is 0 Å². The van der Waals surface area contributed by atoms with Crippen LogP contribution >= 0.6 is 0 Å². The minimum Gasteiger partial charge on any atom is -0.490 e. The summed E-state index contributed by atoms with van der Waals surface area (Å²) in [5, 5.41) is 0. The van der Waals surface area contributed by atoms with Gasteiger partial charge in [0.1, 0.15) is 11.9 Å². The van der Waals surface area contributed by atoms with E-state index in [4.69, 9.17) is 14.2 Å². The Bertz CT molecular complexity index is 872. The fourth-order valence-corrected chi connectivity index (χ4v) is 4.58. The van der Waals surface area contributed by atoms with Crippen LogP contribution in [0.5, 0.6) is 17.2 Å². The Morgan fingerprint density at radius 3 is 2.81 bits per heavy atom. The second-order valence-corrected chi connectivity index (χ2v) is 8.18. The highest BCUT2D eigenvalue weighted by Gasteiger charge is 2.34. The summed E-state index contributed by atoms with van der Waals surface area (Å²) in [6, 6.07) is 8.38. The van der Waals surface area contributed by atoms with Gasteiger partial charge in [0.15, 0.2) is 11.5 Å². The second-order valence-electron chi connectivity index (χ2n) is 6.24. The molecule has 1 fully saturated rings. The van der Waals surface area contributed by atoms with Crippen LogP contribution in [-0.4, -0.2) is 50.1 Å². The maximum Gasteiger partial charge on any atom is 0.243 e. The van der Waals surface area contributed by atoms with E-state index in [0.29, 0.717) is 50.0 Å². The van der Waals surface area contributed by atoms with Crippen LogP contribution in [0.1, 0.15) is 12.8 Å². The van der Waals surface area contributed by atoms with Gasteiger partial charge in [-0.05, 0) is 30.7 Å². The van der Waals surface area contributed by atoms with Crippen molar-refractivity contribution < 1.29 is 22.6 Å². The van der Waals surface area contributed by atoms with Crippen LogP contribution in [0.3, 0.4) is 0 Å². The lowest BCUT2D eigenvalue weighted by atomic mass is 10.3. The van der Waals surface area contributed by atoms with Crippen molar-refractivity contribution in [2.45, 2.75) is 23.8 Å². The molecule has 0 aliphatic carbocycles. The van der Waals surface area contributed by atoms with E-state index in [2.05, 4.69) is 4.98 Å². The molecule has 7 nitrogen and oxygen atoms in total. The third-order valence-corrected chi connectivity index (χ3v) is 6.26. The molecule has 0 unspecified atom stereocenters. The van der Waals surface area contributed by atoms with E-state index in [1.54, 1.807) is 36.7 Å². The summed E-state index contributed by atoms with van der Waals surface area (Å²) in [7, 11) is -3.61. The van der Waals surface area contributed by atoms with Crippen molar-refractivity contribution in [2.24, 2.45) is 0 Å². The van der Waals surface area contributed by atoms with Crippen molar-refractivity contribution in [1.82, 2.24) is 9.29 Å². The average molecular weight is 376 g/mol. The summed E-state index contributed by atoms with van der Waals surface area (Å²) < 4.78 is 44.4. The van der Waals surface area contributed by atoms with Gasteiger partial charge in [-0.15, -0.1) is 0 Å². The quantitative estimate of drug-likeness (QED) is 0.813. The molecule has 1 aromatic heterocycles. The van der Waals surface area contributed by atoms with Crippen LogP contribution in [0.2, 0.25) is 0 Å². The summed E-state index contributed by atoms with van der Waals surface area (Å²) in [4.78, 5) is 4.22. The molecule has 3 heterocycles. The normalized spacial score (nSPS) is 20.5. The number of aromatic nitrogens is 1. The molecule has 0 radical (unpaired) electrons. The van der Waals surface area contributed by atoms with E-state index in [1.807, 2.05) is 6.07 Å². The molecular weight excluding hydrogens is 356 g/mol. The van der Waals surface area contributed by atoms with Crippen LogP contribution < -0.4 is 14.2 Å². The van der Waals surface area contributed by atoms with E-state index in [1.165, 1.54) is 4.31 Å². The molecule has 1 aromatic carbocycles. The molecule has 2 aromatic rings. The lowest BCUT2D eigenvalue weighted by Crippen LogP contribution is -2.31. The summed E-state index contributed by atoms with van der Waals surface area (Å²) in [6.45, 7) is 1.81. The van der Waals surface area contributed by atoms with E-state index >= 15 is 0 Å². The molecule has 1 atom stereocenters. The van der Waals surface area contributed by atoms with Gasteiger partial charge >= 0.3 is 0 Å². The van der Waals surface area contributed by atoms with Gasteiger partial charge in [-0.1, -0.05) is 0 Å². The molecule has 2 aliphatic rings. The maximum atomic E-state index is 13.0. The van der Waals surface area contributed by atoms with Crippen LogP contribution in [0.25, 0.3) is 0 Å². The van der Waals surface area contributed by atoms with Crippen molar-refractivity contribution in [3.8, 4) is 17.2 Å². The van der Waals surface area contributed by atoms with Gasteiger partial charge in [0.2, 0.25) is 10.0 Å². The number of nitrogens with zero attached hydrogens (tertiary/aromatic N) is 2. The molecule has 0 N–H and O–H groups in total. The topological polar surface area (TPSA) is 78.0 Å². The van der Waals surface area contributed by atoms with Gasteiger partial charge in [-0.3, -0.25) is 4.98 Å². The molecular formula is C18H20N2O5S. The largest absolute Gasteiger partial charge is 0.490 e. The van der Waals surface area contributed by atoms with Crippen molar-refractivity contribution in [2.75, 3.05) is 26.3 Å². The first-order chi connectivity index (χ1) is 12.6. The lowest BCUT2D eigenvalue weighted by Gasteiger charge is -2.18. The number of hydrogen-bond acceptors (Lipinski definition) is 6. The molecule has 0 saturated carbocycles. The summed E-state index contributed by atoms with van der Waals surface area (Å²) in [5.74, 6) is 1.71. The zero-order chi connectivity index (χ0) is 18.0. The Kier molecular flexibility index (Phi) is 4.69. The molecule has 8 heteroatoms. The highest BCUT2D eigenvalue weighted by Crippen LogP contribution is 2.33. The van der Waals surface area contributed by atoms with Gasteiger partial charge in [-0.2, -0.15) is 4.31 Å². The molecule has 26 heavy (non-hydrogen) atoms. The van der Waals surface area contributed by atoms with Crippen LogP contribution in [0, 0.1) is 0 Å². The molecule has 0 spiro atoms. The SMILES string of the molecule is O=S(=O)(c1ccc2c(c1)OCCCO2)N1CC[C@H](Oc2cccnc2)C1. The Hall–Kier alpha value is -2.32. The van der Waals surface area contributed by atoms with Crippen molar-refractivity contribution in [3.63, 3.8) is 0 Å². The number of hydrogen-bond donors (Lipinski definition) is 0. The predicted molar refractivity (Wildman–Crippen MR) is 94.1 cm³/mol. The standard InChI is InChI=1S/C18H20N2O5S/c21-26(22,16-4-5-17-18(11-16)24-10-2-9-23-17)20-8-6-15(13-20)25-14-3-1-7-19-12-14/h1,3-5,7,11-12,15H,2,6,8-10,13H2/t15-/m0/s1. The minimum absolute atomic E-state index is 0.186. The Balaban J connectivity index is 1.49. The first kappa shape index (κ1) is 17.1. The van der Waals surface area contributed by atoms with E-state index < -0.39 is 10.0 Å². The van der Waals surface area contributed by atoms with Gasteiger partial charge < -0.3 is 14.2 Å². The van der Waals surface area contributed by atoms with Crippen molar-refractivity contribution >= 4 is 10.0 Å². The highest BCUT2D eigenvalue weighted by molar-refractivity contribution is 7.89. The molecule has 0 amide bonds. The van der Waals surface area contributed by atoms with Gasteiger partial charge in [0.25, 0.3) is 0 Å². The lowest BCUT2D eigenvalue weighted by molar-refractivity contribution is 0.214. The third kappa shape index (κ3) is 3.47.